The highest BCUT2D eigenvalue weighted by molar-refractivity contribution is 5.75. The van der Waals surface area contributed by atoms with Crippen molar-refractivity contribution in [2.24, 2.45) is 5.92 Å². The van der Waals surface area contributed by atoms with Crippen molar-refractivity contribution in [2.45, 2.75) is 39.2 Å². The highest BCUT2D eigenvalue weighted by Crippen LogP contribution is 2.18. The molecule has 0 radical (unpaired) electrons. The number of amides is 1. The molecular formula is C19H24FN3O2. The highest BCUT2D eigenvalue weighted by atomic mass is 19.1. The van der Waals surface area contributed by atoms with Gasteiger partial charge in [-0.3, -0.25) is 4.79 Å². The fraction of sp³-hybridized carbons (Fsp3) is 0.474. The van der Waals surface area contributed by atoms with E-state index in [2.05, 4.69) is 10.4 Å². The van der Waals surface area contributed by atoms with Crippen molar-refractivity contribution in [3.05, 3.63) is 47.5 Å². The minimum absolute atomic E-state index is 0.0551. The second-order valence-corrected chi connectivity index (χ2v) is 6.56. The molecule has 1 aliphatic rings. The van der Waals surface area contributed by atoms with Crippen molar-refractivity contribution in [1.82, 2.24) is 15.1 Å². The van der Waals surface area contributed by atoms with E-state index in [1.165, 1.54) is 12.1 Å². The van der Waals surface area contributed by atoms with Crippen molar-refractivity contribution in [1.29, 1.82) is 0 Å². The van der Waals surface area contributed by atoms with E-state index < -0.39 is 0 Å². The maximum absolute atomic E-state index is 13.0. The van der Waals surface area contributed by atoms with Crippen LogP contribution in [0.25, 0.3) is 5.69 Å². The minimum atomic E-state index is -0.275. The number of carbonyl (C=O) groups is 1. The van der Waals surface area contributed by atoms with Crippen LogP contribution in [0, 0.1) is 18.7 Å². The van der Waals surface area contributed by atoms with Gasteiger partial charge in [-0.15, -0.1) is 0 Å². The van der Waals surface area contributed by atoms with Crippen LogP contribution in [0.4, 0.5) is 4.39 Å². The fourth-order valence-electron chi connectivity index (χ4n) is 3.05. The number of aromatic nitrogens is 2. The Morgan fingerprint density at radius 3 is 2.92 bits per heavy atom. The molecule has 1 aromatic heterocycles. The summed E-state index contributed by atoms with van der Waals surface area (Å²) in [6.07, 6.45) is 5.52. The summed E-state index contributed by atoms with van der Waals surface area (Å²) in [7, 11) is 0. The molecule has 0 bridgehead atoms. The van der Waals surface area contributed by atoms with Gasteiger partial charge >= 0.3 is 0 Å². The molecule has 5 nitrogen and oxygen atoms in total. The van der Waals surface area contributed by atoms with Gasteiger partial charge in [-0.2, -0.15) is 5.10 Å². The maximum Gasteiger partial charge on any atom is 0.220 e. The third kappa shape index (κ3) is 4.89. The third-order valence-electron chi connectivity index (χ3n) is 4.60. The van der Waals surface area contributed by atoms with E-state index in [1.54, 1.807) is 16.8 Å². The molecule has 0 spiro atoms. The number of carbonyl (C=O) groups excluding carboxylic acids is 1. The molecule has 0 aliphatic carbocycles. The molecule has 1 N–H and O–H groups in total. The zero-order valence-electron chi connectivity index (χ0n) is 14.5. The molecule has 1 aliphatic heterocycles. The molecule has 1 atom stereocenters. The van der Waals surface area contributed by atoms with Crippen LogP contribution in [-0.4, -0.2) is 28.9 Å². The molecular weight excluding hydrogens is 321 g/mol. The normalized spacial score (nSPS) is 17.4. The fourth-order valence-corrected chi connectivity index (χ4v) is 3.05. The average Bonchev–Trinajstić information content (AvgIpc) is 3.00. The summed E-state index contributed by atoms with van der Waals surface area (Å²) in [6, 6.07) is 6.16. The number of benzene rings is 1. The summed E-state index contributed by atoms with van der Waals surface area (Å²) < 4.78 is 20.2. The van der Waals surface area contributed by atoms with Crippen molar-refractivity contribution < 1.29 is 13.9 Å². The molecule has 25 heavy (non-hydrogen) atoms. The van der Waals surface area contributed by atoms with Crippen molar-refractivity contribution in [2.75, 3.05) is 13.2 Å². The summed E-state index contributed by atoms with van der Waals surface area (Å²) in [6.45, 7) is 3.98. The highest BCUT2D eigenvalue weighted by Gasteiger charge is 2.15. The lowest BCUT2D eigenvalue weighted by molar-refractivity contribution is -0.121. The van der Waals surface area contributed by atoms with E-state index >= 15 is 0 Å². The molecule has 1 amide bonds. The number of hydrogen-bond donors (Lipinski definition) is 1. The number of nitrogens with one attached hydrogen (secondary N) is 1. The van der Waals surface area contributed by atoms with Gasteiger partial charge in [0.05, 0.1) is 11.4 Å². The van der Waals surface area contributed by atoms with Crippen LogP contribution in [0.5, 0.6) is 0 Å². The molecule has 0 saturated carbocycles. The van der Waals surface area contributed by atoms with Crippen molar-refractivity contribution >= 4 is 5.91 Å². The summed E-state index contributed by atoms with van der Waals surface area (Å²) >= 11 is 0. The van der Waals surface area contributed by atoms with Gasteiger partial charge in [0.2, 0.25) is 5.91 Å². The van der Waals surface area contributed by atoms with Crippen LogP contribution < -0.4 is 5.32 Å². The zero-order valence-corrected chi connectivity index (χ0v) is 14.5. The molecule has 2 aromatic rings. The van der Waals surface area contributed by atoms with E-state index in [-0.39, 0.29) is 11.7 Å². The predicted octanol–water partition coefficient (Wildman–Crippen LogP) is 3.14. The number of aryl methyl sites for hydroxylation is 1. The Morgan fingerprint density at radius 2 is 2.20 bits per heavy atom. The Morgan fingerprint density at radius 1 is 1.40 bits per heavy atom. The first-order chi connectivity index (χ1) is 12.1. The minimum Gasteiger partial charge on any atom is -0.381 e. The number of halogens is 1. The van der Waals surface area contributed by atoms with Gasteiger partial charge in [-0.25, -0.2) is 9.07 Å². The van der Waals surface area contributed by atoms with Crippen LogP contribution in [0.15, 0.2) is 30.5 Å². The van der Waals surface area contributed by atoms with Gasteiger partial charge in [0.15, 0.2) is 0 Å². The van der Waals surface area contributed by atoms with E-state index in [0.29, 0.717) is 18.9 Å². The molecule has 134 valence electrons. The number of nitrogens with zero attached hydrogens (tertiary/aromatic N) is 2. The molecule has 1 unspecified atom stereocenters. The van der Waals surface area contributed by atoms with Gasteiger partial charge in [0, 0.05) is 37.9 Å². The number of hydrogen-bond acceptors (Lipinski definition) is 3. The van der Waals surface area contributed by atoms with Crippen LogP contribution >= 0.6 is 0 Å². The predicted molar refractivity (Wildman–Crippen MR) is 92.9 cm³/mol. The smallest absolute Gasteiger partial charge is 0.220 e. The summed E-state index contributed by atoms with van der Waals surface area (Å²) in [5.74, 6) is 0.283. The molecule has 1 aromatic carbocycles. The first-order valence-corrected chi connectivity index (χ1v) is 8.77. The van der Waals surface area contributed by atoms with Crippen LogP contribution in [-0.2, 0) is 16.1 Å². The Hall–Kier alpha value is -2.21. The standard InChI is InChI=1S/C19H24FN3O2/c1-14-16(12-23(22-14)18-7-5-17(20)6-8-18)11-21-19(24)9-4-15-3-2-10-25-13-15/h5-8,12,15H,2-4,9-11,13H2,1H3,(H,21,24). The lowest BCUT2D eigenvalue weighted by atomic mass is 9.97. The Bertz CT molecular complexity index is 706. The van der Waals surface area contributed by atoms with Gasteiger partial charge in [-0.05, 0) is 56.4 Å². The number of rotatable bonds is 6. The van der Waals surface area contributed by atoms with E-state index in [9.17, 15) is 9.18 Å². The van der Waals surface area contributed by atoms with Crippen molar-refractivity contribution in [3.63, 3.8) is 0 Å². The quantitative estimate of drug-likeness (QED) is 0.875. The summed E-state index contributed by atoms with van der Waals surface area (Å²) in [5, 5.41) is 7.39. The zero-order chi connectivity index (χ0) is 17.6. The molecule has 2 heterocycles. The van der Waals surface area contributed by atoms with Gasteiger partial charge < -0.3 is 10.1 Å². The van der Waals surface area contributed by atoms with Gasteiger partial charge in [0.25, 0.3) is 0 Å². The Labute approximate surface area is 147 Å². The van der Waals surface area contributed by atoms with E-state index in [1.807, 2.05) is 13.1 Å². The van der Waals surface area contributed by atoms with Crippen LogP contribution in [0.1, 0.15) is 36.9 Å². The Balaban J connectivity index is 1.50. The van der Waals surface area contributed by atoms with E-state index in [0.717, 1.165) is 49.4 Å². The first kappa shape index (κ1) is 17.6. The molecule has 1 saturated heterocycles. The topological polar surface area (TPSA) is 56.2 Å². The molecule has 1 fully saturated rings. The van der Waals surface area contributed by atoms with Gasteiger partial charge in [-0.1, -0.05) is 0 Å². The van der Waals surface area contributed by atoms with Crippen molar-refractivity contribution in [3.8, 4) is 5.69 Å². The first-order valence-electron chi connectivity index (χ1n) is 8.77. The molecule has 6 heteroatoms. The maximum atomic E-state index is 13.0. The van der Waals surface area contributed by atoms with Gasteiger partial charge in [0.1, 0.15) is 5.82 Å². The summed E-state index contributed by atoms with van der Waals surface area (Å²) in [4.78, 5) is 12.1. The van der Waals surface area contributed by atoms with Crippen LogP contribution in [0.3, 0.4) is 0 Å². The monoisotopic (exact) mass is 345 g/mol. The van der Waals surface area contributed by atoms with Crippen LogP contribution in [0.2, 0.25) is 0 Å². The third-order valence-corrected chi connectivity index (χ3v) is 4.60. The molecule has 3 rings (SSSR count). The lowest BCUT2D eigenvalue weighted by Gasteiger charge is -2.21. The van der Waals surface area contributed by atoms with E-state index in [4.69, 9.17) is 4.74 Å². The second-order valence-electron chi connectivity index (χ2n) is 6.56. The summed E-state index contributed by atoms with van der Waals surface area (Å²) in [5.41, 5.74) is 2.60. The average molecular weight is 345 g/mol. The second kappa shape index (κ2) is 8.25. The number of ether oxygens (including phenoxy) is 1. The SMILES string of the molecule is Cc1nn(-c2ccc(F)cc2)cc1CNC(=O)CCC1CCCOC1. The lowest BCUT2D eigenvalue weighted by Crippen LogP contribution is -2.25. The Kier molecular flexibility index (Phi) is 5.81. The largest absolute Gasteiger partial charge is 0.381 e.